The maximum absolute atomic E-state index is 10.5. The molecular weight excluding hydrogens is 286 g/mol. The van der Waals surface area contributed by atoms with Crippen LogP contribution in [0.3, 0.4) is 0 Å². The van der Waals surface area contributed by atoms with E-state index in [2.05, 4.69) is 20.9 Å². The number of benzene rings is 1. The molecule has 5 heteroatoms. The molecule has 88 valence electrons. The molecule has 1 aromatic heterocycles. The number of nitrogens with zero attached hydrogens (tertiary/aromatic N) is 1. The van der Waals surface area contributed by atoms with E-state index in [0.717, 1.165) is 10.0 Å². The number of aromatic nitrogens is 1. The highest BCUT2D eigenvalue weighted by Gasteiger charge is 2.08. The molecule has 0 aliphatic rings. The van der Waals surface area contributed by atoms with Gasteiger partial charge in [-0.2, -0.15) is 0 Å². The highest BCUT2D eigenvalue weighted by Crippen LogP contribution is 2.14. The normalized spacial score (nSPS) is 10.4. The first kappa shape index (κ1) is 11.9. The SMILES string of the molecule is O=C(O)Cc1coc(Cc2ccc(Br)cc2)n1. The van der Waals surface area contributed by atoms with Crippen molar-refractivity contribution < 1.29 is 14.3 Å². The lowest BCUT2D eigenvalue weighted by Gasteiger charge is -1.97. The predicted molar refractivity (Wildman–Crippen MR) is 64.8 cm³/mol. The van der Waals surface area contributed by atoms with Gasteiger partial charge in [0.15, 0.2) is 5.89 Å². The molecule has 1 N–H and O–H groups in total. The molecule has 4 nitrogen and oxygen atoms in total. The van der Waals surface area contributed by atoms with Crippen molar-refractivity contribution in [3.05, 3.63) is 52.1 Å². The van der Waals surface area contributed by atoms with Crippen molar-refractivity contribution in [3.63, 3.8) is 0 Å². The number of carboxylic acids is 1. The Balaban J connectivity index is 2.06. The smallest absolute Gasteiger partial charge is 0.309 e. The van der Waals surface area contributed by atoms with Gasteiger partial charge in [-0.15, -0.1) is 0 Å². The van der Waals surface area contributed by atoms with Crippen LogP contribution in [0.2, 0.25) is 0 Å². The van der Waals surface area contributed by atoms with Gasteiger partial charge in [0.05, 0.1) is 12.1 Å². The van der Waals surface area contributed by atoms with Crippen LogP contribution in [-0.4, -0.2) is 16.1 Å². The van der Waals surface area contributed by atoms with Gasteiger partial charge in [0.25, 0.3) is 0 Å². The number of hydrogen-bond acceptors (Lipinski definition) is 3. The van der Waals surface area contributed by atoms with Crippen LogP contribution in [0.1, 0.15) is 17.1 Å². The molecule has 0 aliphatic heterocycles. The van der Waals surface area contributed by atoms with Crippen LogP contribution in [0.4, 0.5) is 0 Å². The van der Waals surface area contributed by atoms with Crippen LogP contribution in [0.25, 0.3) is 0 Å². The number of oxazole rings is 1. The molecule has 0 saturated heterocycles. The molecule has 0 amide bonds. The average Bonchev–Trinajstić information content (AvgIpc) is 2.68. The zero-order chi connectivity index (χ0) is 12.3. The Morgan fingerprint density at radius 1 is 1.35 bits per heavy atom. The molecule has 0 aliphatic carbocycles. The second kappa shape index (κ2) is 5.14. The Labute approximate surface area is 106 Å². The van der Waals surface area contributed by atoms with Crippen molar-refractivity contribution in [1.82, 2.24) is 4.98 Å². The lowest BCUT2D eigenvalue weighted by molar-refractivity contribution is -0.136. The van der Waals surface area contributed by atoms with Gasteiger partial charge in [0.1, 0.15) is 6.26 Å². The molecule has 17 heavy (non-hydrogen) atoms. The summed E-state index contributed by atoms with van der Waals surface area (Å²) in [6.07, 6.45) is 1.85. The first-order chi connectivity index (χ1) is 8.13. The third kappa shape index (κ3) is 3.42. The van der Waals surface area contributed by atoms with E-state index in [4.69, 9.17) is 9.52 Å². The number of hydrogen-bond donors (Lipinski definition) is 1. The molecule has 0 fully saturated rings. The second-order valence-corrected chi connectivity index (χ2v) is 4.52. The van der Waals surface area contributed by atoms with E-state index < -0.39 is 5.97 Å². The summed E-state index contributed by atoms with van der Waals surface area (Å²) in [4.78, 5) is 14.6. The maximum atomic E-state index is 10.5. The minimum absolute atomic E-state index is 0.107. The molecule has 0 spiro atoms. The summed E-state index contributed by atoms with van der Waals surface area (Å²) in [7, 11) is 0. The van der Waals surface area contributed by atoms with Crippen LogP contribution in [-0.2, 0) is 17.6 Å². The van der Waals surface area contributed by atoms with E-state index in [-0.39, 0.29) is 6.42 Å². The fraction of sp³-hybridized carbons (Fsp3) is 0.167. The van der Waals surface area contributed by atoms with E-state index >= 15 is 0 Å². The fourth-order valence-corrected chi connectivity index (χ4v) is 1.71. The molecule has 0 atom stereocenters. The Morgan fingerprint density at radius 2 is 2.06 bits per heavy atom. The molecular formula is C12H10BrNO3. The first-order valence-electron chi connectivity index (χ1n) is 5.03. The Bertz CT molecular complexity index is 519. The quantitative estimate of drug-likeness (QED) is 0.942. The van der Waals surface area contributed by atoms with Crippen molar-refractivity contribution in [1.29, 1.82) is 0 Å². The third-order valence-corrected chi connectivity index (χ3v) is 2.73. The van der Waals surface area contributed by atoms with E-state index in [9.17, 15) is 4.79 Å². The van der Waals surface area contributed by atoms with Crippen molar-refractivity contribution in [2.75, 3.05) is 0 Å². The number of aliphatic carboxylic acids is 1. The third-order valence-electron chi connectivity index (χ3n) is 2.20. The van der Waals surface area contributed by atoms with E-state index in [1.165, 1.54) is 6.26 Å². The maximum Gasteiger partial charge on any atom is 0.309 e. The van der Waals surface area contributed by atoms with Gasteiger partial charge in [-0.1, -0.05) is 28.1 Å². The van der Waals surface area contributed by atoms with Crippen LogP contribution in [0.5, 0.6) is 0 Å². The van der Waals surface area contributed by atoms with E-state index in [0.29, 0.717) is 18.0 Å². The Hall–Kier alpha value is -1.62. The topological polar surface area (TPSA) is 63.3 Å². The van der Waals surface area contributed by atoms with Gasteiger partial charge < -0.3 is 9.52 Å². The number of rotatable bonds is 4. The summed E-state index contributed by atoms with van der Waals surface area (Å²) >= 11 is 3.36. The number of halogens is 1. The van der Waals surface area contributed by atoms with Gasteiger partial charge in [-0.3, -0.25) is 4.79 Å². The van der Waals surface area contributed by atoms with E-state index in [1.54, 1.807) is 0 Å². The molecule has 2 rings (SSSR count). The molecule has 0 radical (unpaired) electrons. The van der Waals surface area contributed by atoms with Gasteiger partial charge >= 0.3 is 5.97 Å². The lowest BCUT2D eigenvalue weighted by Crippen LogP contribution is -2.00. The van der Waals surface area contributed by atoms with Crippen molar-refractivity contribution in [3.8, 4) is 0 Å². The predicted octanol–water partition coefficient (Wildman–Crippen LogP) is 2.66. The largest absolute Gasteiger partial charge is 0.481 e. The summed E-state index contributed by atoms with van der Waals surface area (Å²) in [5.41, 5.74) is 1.52. The highest BCUT2D eigenvalue weighted by molar-refractivity contribution is 9.10. The zero-order valence-corrected chi connectivity index (χ0v) is 10.5. The molecule has 0 unspecified atom stereocenters. The van der Waals surface area contributed by atoms with Gasteiger partial charge in [0.2, 0.25) is 0 Å². The average molecular weight is 296 g/mol. The van der Waals surface area contributed by atoms with Crippen LogP contribution >= 0.6 is 15.9 Å². The van der Waals surface area contributed by atoms with Crippen molar-refractivity contribution in [2.45, 2.75) is 12.8 Å². The van der Waals surface area contributed by atoms with Crippen LogP contribution in [0.15, 0.2) is 39.4 Å². The molecule has 1 aromatic carbocycles. The number of carboxylic acid groups (broad SMARTS) is 1. The van der Waals surface area contributed by atoms with Gasteiger partial charge in [-0.25, -0.2) is 4.98 Å². The lowest BCUT2D eigenvalue weighted by atomic mass is 10.1. The Morgan fingerprint density at radius 3 is 2.71 bits per heavy atom. The zero-order valence-electron chi connectivity index (χ0n) is 8.89. The van der Waals surface area contributed by atoms with Crippen LogP contribution in [0, 0.1) is 0 Å². The highest BCUT2D eigenvalue weighted by atomic mass is 79.9. The molecule has 0 bridgehead atoms. The molecule has 1 heterocycles. The summed E-state index contributed by atoms with van der Waals surface area (Å²) in [5.74, 6) is -0.378. The van der Waals surface area contributed by atoms with Crippen LogP contribution < -0.4 is 0 Å². The minimum atomic E-state index is -0.909. The van der Waals surface area contributed by atoms with Gasteiger partial charge in [0, 0.05) is 10.9 Å². The fourth-order valence-electron chi connectivity index (χ4n) is 1.44. The van der Waals surface area contributed by atoms with Crippen molar-refractivity contribution >= 4 is 21.9 Å². The summed E-state index contributed by atoms with van der Waals surface area (Å²) in [5, 5.41) is 8.61. The molecule has 2 aromatic rings. The van der Waals surface area contributed by atoms with Crippen molar-refractivity contribution in [2.24, 2.45) is 0 Å². The summed E-state index contributed by atoms with van der Waals surface area (Å²) < 4.78 is 6.23. The summed E-state index contributed by atoms with van der Waals surface area (Å²) in [6, 6.07) is 7.81. The second-order valence-electron chi connectivity index (χ2n) is 3.61. The van der Waals surface area contributed by atoms with Gasteiger partial charge in [-0.05, 0) is 17.7 Å². The minimum Gasteiger partial charge on any atom is -0.481 e. The number of carbonyl (C=O) groups is 1. The van der Waals surface area contributed by atoms with E-state index in [1.807, 2.05) is 24.3 Å². The monoisotopic (exact) mass is 295 g/mol. The Kier molecular flexibility index (Phi) is 3.58. The molecule has 0 saturated carbocycles. The first-order valence-corrected chi connectivity index (χ1v) is 5.82. The summed E-state index contributed by atoms with van der Waals surface area (Å²) in [6.45, 7) is 0. The standard InChI is InChI=1S/C12H10BrNO3/c13-9-3-1-8(2-4-9)5-11-14-10(7-17-11)6-12(15)16/h1-4,7H,5-6H2,(H,15,16).